The van der Waals surface area contributed by atoms with Gasteiger partial charge in [-0.05, 0) is 37.5 Å². The quantitative estimate of drug-likeness (QED) is 0.752. The third kappa shape index (κ3) is 2.69. The second kappa shape index (κ2) is 5.57. The van der Waals surface area contributed by atoms with Gasteiger partial charge >= 0.3 is 0 Å². The van der Waals surface area contributed by atoms with Crippen molar-refractivity contribution in [2.24, 2.45) is 5.41 Å². The normalized spacial score (nSPS) is 29.9. The fourth-order valence-corrected chi connectivity index (χ4v) is 2.91. The van der Waals surface area contributed by atoms with E-state index < -0.39 is 0 Å². The molecule has 0 spiro atoms. The Balaban J connectivity index is 1.96. The lowest BCUT2D eigenvalue weighted by Crippen LogP contribution is -2.40. The van der Waals surface area contributed by atoms with Crippen molar-refractivity contribution >= 4 is 5.91 Å². The van der Waals surface area contributed by atoms with Gasteiger partial charge in [-0.3, -0.25) is 10.1 Å². The first kappa shape index (κ1) is 13.8. The molecule has 2 atom stereocenters. The summed E-state index contributed by atoms with van der Waals surface area (Å²) < 4.78 is 5.19. The second-order valence-electron chi connectivity index (χ2n) is 5.76. The zero-order valence-electron chi connectivity index (χ0n) is 11.9. The first-order chi connectivity index (χ1) is 8.65. The van der Waals surface area contributed by atoms with Crippen LogP contribution in [0.2, 0.25) is 0 Å². The van der Waals surface area contributed by atoms with Crippen LogP contribution in [-0.4, -0.2) is 43.3 Å². The van der Waals surface area contributed by atoms with E-state index >= 15 is 0 Å². The summed E-state index contributed by atoms with van der Waals surface area (Å²) in [5.41, 5.74) is 0.351. The molecule has 4 heteroatoms. The molecule has 1 amide bonds. The summed E-state index contributed by atoms with van der Waals surface area (Å²) in [5.74, 6) is 0.299. The highest BCUT2D eigenvalue weighted by Gasteiger charge is 2.48. The Morgan fingerprint density at radius 1 is 1.39 bits per heavy atom. The van der Waals surface area contributed by atoms with Gasteiger partial charge in [0.15, 0.2) is 0 Å². The van der Waals surface area contributed by atoms with E-state index in [2.05, 4.69) is 24.1 Å². The minimum atomic E-state index is 0.0353. The molecule has 1 heterocycles. The number of ether oxygens (including phenoxy) is 1. The van der Waals surface area contributed by atoms with Gasteiger partial charge in [-0.1, -0.05) is 13.8 Å². The molecule has 0 aromatic carbocycles. The lowest BCUT2D eigenvalue weighted by atomic mass is 10.0. The predicted octanol–water partition coefficient (Wildman–Crippen LogP) is 1.75. The van der Waals surface area contributed by atoms with Crippen LogP contribution in [0.25, 0.3) is 0 Å². The summed E-state index contributed by atoms with van der Waals surface area (Å²) >= 11 is 0. The Kier molecular flexibility index (Phi) is 4.28. The van der Waals surface area contributed by atoms with E-state index in [1.165, 1.54) is 12.8 Å². The smallest absolute Gasteiger partial charge is 0.241 e. The maximum absolute atomic E-state index is 12.3. The fourth-order valence-electron chi connectivity index (χ4n) is 2.91. The van der Waals surface area contributed by atoms with Gasteiger partial charge in [-0.2, -0.15) is 0 Å². The fraction of sp³-hybridized carbons (Fsp3) is 0.929. The molecule has 1 saturated heterocycles. The van der Waals surface area contributed by atoms with Crippen molar-refractivity contribution in [1.29, 1.82) is 0 Å². The van der Waals surface area contributed by atoms with E-state index in [0.717, 1.165) is 32.4 Å². The topological polar surface area (TPSA) is 41.6 Å². The molecule has 2 fully saturated rings. The zero-order chi connectivity index (χ0) is 13.2. The van der Waals surface area contributed by atoms with E-state index in [1.807, 2.05) is 0 Å². The molecule has 0 aromatic heterocycles. The van der Waals surface area contributed by atoms with Gasteiger partial charge in [0.05, 0.1) is 12.2 Å². The monoisotopic (exact) mass is 254 g/mol. The molecule has 2 aliphatic rings. The first-order valence-electron chi connectivity index (χ1n) is 7.21. The standard InChI is InChI=1S/C14H26N2O2/c1-4-11-13(17)16(12(5-2)15-11)10-14(6-7-14)8-9-18-3/h11-12,15H,4-10H2,1-3H3. The van der Waals surface area contributed by atoms with E-state index in [1.54, 1.807) is 7.11 Å². The van der Waals surface area contributed by atoms with Crippen LogP contribution in [0, 0.1) is 5.41 Å². The third-order valence-corrected chi connectivity index (χ3v) is 4.45. The molecule has 2 unspecified atom stereocenters. The zero-order valence-corrected chi connectivity index (χ0v) is 11.9. The molecule has 4 nitrogen and oxygen atoms in total. The molecule has 2 rings (SSSR count). The van der Waals surface area contributed by atoms with Crippen molar-refractivity contribution in [3.05, 3.63) is 0 Å². The first-order valence-corrected chi connectivity index (χ1v) is 7.21. The van der Waals surface area contributed by atoms with Crippen LogP contribution in [0.15, 0.2) is 0 Å². The SMILES string of the molecule is CCC1NC(CC)N(CC2(CCOC)CC2)C1=O. The molecule has 18 heavy (non-hydrogen) atoms. The summed E-state index contributed by atoms with van der Waals surface area (Å²) in [5, 5.41) is 3.44. The van der Waals surface area contributed by atoms with Crippen molar-refractivity contribution in [2.45, 2.75) is 58.2 Å². The Hall–Kier alpha value is -0.610. The lowest BCUT2D eigenvalue weighted by Gasteiger charge is -2.28. The summed E-state index contributed by atoms with van der Waals surface area (Å²) in [4.78, 5) is 14.4. The molecular weight excluding hydrogens is 228 g/mol. The number of methoxy groups -OCH3 is 1. The number of hydrogen-bond acceptors (Lipinski definition) is 3. The molecule has 1 saturated carbocycles. The number of nitrogens with zero attached hydrogens (tertiary/aromatic N) is 1. The average Bonchev–Trinajstić information content (AvgIpc) is 3.08. The predicted molar refractivity (Wildman–Crippen MR) is 71.2 cm³/mol. The number of hydrogen-bond donors (Lipinski definition) is 1. The van der Waals surface area contributed by atoms with Gasteiger partial charge in [0.1, 0.15) is 0 Å². The molecule has 1 N–H and O–H groups in total. The van der Waals surface area contributed by atoms with E-state index in [-0.39, 0.29) is 12.2 Å². The van der Waals surface area contributed by atoms with Crippen LogP contribution in [-0.2, 0) is 9.53 Å². The number of carbonyl (C=O) groups excluding carboxylic acids is 1. The Morgan fingerprint density at radius 3 is 2.61 bits per heavy atom. The average molecular weight is 254 g/mol. The van der Waals surface area contributed by atoms with Crippen molar-refractivity contribution in [2.75, 3.05) is 20.3 Å². The lowest BCUT2D eigenvalue weighted by molar-refractivity contribution is -0.131. The highest BCUT2D eigenvalue weighted by Crippen LogP contribution is 2.50. The minimum absolute atomic E-state index is 0.0353. The van der Waals surface area contributed by atoms with Gasteiger partial charge in [0, 0.05) is 20.3 Å². The third-order valence-electron chi connectivity index (χ3n) is 4.45. The molecule has 0 bridgehead atoms. The summed E-state index contributed by atoms with van der Waals surface area (Å²) in [6.45, 7) is 5.94. The van der Waals surface area contributed by atoms with E-state index in [9.17, 15) is 4.79 Å². The second-order valence-corrected chi connectivity index (χ2v) is 5.76. The summed E-state index contributed by atoms with van der Waals surface area (Å²) in [7, 11) is 1.75. The van der Waals surface area contributed by atoms with Gasteiger partial charge < -0.3 is 9.64 Å². The number of nitrogens with one attached hydrogen (secondary N) is 1. The summed E-state index contributed by atoms with van der Waals surface area (Å²) in [6, 6.07) is 0.0353. The molecule has 0 radical (unpaired) electrons. The largest absolute Gasteiger partial charge is 0.385 e. The molecule has 1 aliphatic carbocycles. The number of rotatable bonds is 7. The van der Waals surface area contributed by atoms with Gasteiger partial charge in [-0.25, -0.2) is 0 Å². The van der Waals surface area contributed by atoms with Crippen molar-refractivity contribution in [1.82, 2.24) is 10.2 Å². The molecule has 1 aliphatic heterocycles. The van der Waals surface area contributed by atoms with Crippen LogP contribution in [0.3, 0.4) is 0 Å². The van der Waals surface area contributed by atoms with Crippen LogP contribution in [0.5, 0.6) is 0 Å². The van der Waals surface area contributed by atoms with Gasteiger partial charge in [0.25, 0.3) is 0 Å². The maximum atomic E-state index is 12.3. The Bertz CT molecular complexity index is 302. The van der Waals surface area contributed by atoms with Crippen LogP contribution < -0.4 is 5.32 Å². The molecular formula is C14H26N2O2. The molecule has 104 valence electrons. The number of carbonyl (C=O) groups is 1. The van der Waals surface area contributed by atoms with E-state index in [4.69, 9.17) is 4.74 Å². The van der Waals surface area contributed by atoms with Crippen LogP contribution in [0.1, 0.15) is 46.0 Å². The number of amides is 1. The Labute approximate surface area is 110 Å². The van der Waals surface area contributed by atoms with Crippen molar-refractivity contribution in [3.63, 3.8) is 0 Å². The van der Waals surface area contributed by atoms with Crippen molar-refractivity contribution in [3.8, 4) is 0 Å². The molecule has 0 aromatic rings. The van der Waals surface area contributed by atoms with Crippen LogP contribution >= 0.6 is 0 Å². The highest BCUT2D eigenvalue weighted by atomic mass is 16.5. The Morgan fingerprint density at radius 2 is 2.11 bits per heavy atom. The van der Waals surface area contributed by atoms with Crippen LogP contribution in [0.4, 0.5) is 0 Å². The van der Waals surface area contributed by atoms with Crippen molar-refractivity contribution < 1.29 is 9.53 Å². The van der Waals surface area contributed by atoms with Gasteiger partial charge in [-0.15, -0.1) is 0 Å². The van der Waals surface area contributed by atoms with E-state index in [0.29, 0.717) is 11.3 Å². The van der Waals surface area contributed by atoms with Gasteiger partial charge in [0.2, 0.25) is 5.91 Å². The highest BCUT2D eigenvalue weighted by molar-refractivity contribution is 5.84. The summed E-state index contributed by atoms with van der Waals surface area (Å²) in [6.07, 6.45) is 5.68. The maximum Gasteiger partial charge on any atom is 0.241 e. The minimum Gasteiger partial charge on any atom is -0.385 e.